The summed E-state index contributed by atoms with van der Waals surface area (Å²) in [6.07, 6.45) is 2.81. The Balaban J connectivity index is 0.000000213. The van der Waals surface area contributed by atoms with Crippen LogP contribution < -0.4 is 0 Å². The third-order valence-electron chi connectivity index (χ3n) is 3.96. The van der Waals surface area contributed by atoms with Gasteiger partial charge in [-0.25, -0.2) is 16.8 Å². The number of rotatable bonds is 2. The second-order valence-electron chi connectivity index (χ2n) is 5.87. The van der Waals surface area contributed by atoms with Gasteiger partial charge in [0, 0.05) is 23.2 Å². The molecule has 0 saturated carbocycles. The molecule has 0 amide bonds. The summed E-state index contributed by atoms with van der Waals surface area (Å²) < 4.78 is 65.4. The average molecular weight is 473 g/mol. The topological polar surface area (TPSA) is 181 Å². The molecule has 0 fully saturated rings. The minimum atomic E-state index is -4.55. The van der Waals surface area contributed by atoms with Crippen molar-refractivity contribution in [2.75, 3.05) is 0 Å². The smallest absolute Gasteiger partial charge is 0.744 e. The fourth-order valence-electron chi connectivity index (χ4n) is 2.70. The molecule has 0 radical (unpaired) electrons. The molecule has 156 valence electrons. The number of hydrogen-bond acceptors (Lipinski definition) is 10. The fraction of sp³-hybridized carbons (Fsp3) is 0. The standard InChI is InChI=1S/2C9H7NO4S.Mg/c2*11-7-3-4-8(15(12,13)14)6-2-1-5-10-9(6)7;/h2*1-5,11H,(H,12,13,14);/q;;+2/p-2. The maximum atomic E-state index is 10.9. The Kier molecular flexibility index (Phi) is 7.41. The molecule has 4 aromatic rings. The molecule has 0 spiro atoms. The van der Waals surface area contributed by atoms with Crippen LogP contribution in [0.15, 0.2) is 70.7 Å². The monoisotopic (exact) mass is 472 g/mol. The minimum absolute atomic E-state index is 0. The van der Waals surface area contributed by atoms with Gasteiger partial charge in [0.05, 0.1) is 9.79 Å². The number of phenols is 2. The molecule has 31 heavy (non-hydrogen) atoms. The maximum Gasteiger partial charge on any atom is 2.00 e. The molecular weight excluding hydrogens is 461 g/mol. The van der Waals surface area contributed by atoms with Crippen molar-refractivity contribution in [2.24, 2.45) is 0 Å². The fourth-order valence-corrected chi connectivity index (χ4v) is 4.04. The summed E-state index contributed by atoms with van der Waals surface area (Å²) in [5, 5.41) is 19.1. The Labute approximate surface area is 192 Å². The number of aromatic hydroxyl groups is 2. The number of pyridine rings is 2. The van der Waals surface area contributed by atoms with Gasteiger partial charge in [-0.1, -0.05) is 0 Å². The van der Waals surface area contributed by atoms with Crippen LogP contribution in [-0.4, -0.2) is 69.2 Å². The third kappa shape index (κ3) is 5.39. The van der Waals surface area contributed by atoms with E-state index in [4.69, 9.17) is 0 Å². The van der Waals surface area contributed by atoms with Crippen LogP contribution in [0.5, 0.6) is 11.5 Å². The first-order chi connectivity index (χ1) is 14.0. The van der Waals surface area contributed by atoms with Gasteiger partial charge in [0.2, 0.25) is 0 Å². The van der Waals surface area contributed by atoms with E-state index in [0.717, 1.165) is 24.3 Å². The molecule has 2 aromatic heterocycles. The Bertz CT molecular complexity index is 1360. The van der Waals surface area contributed by atoms with Gasteiger partial charge >= 0.3 is 23.1 Å². The number of phenolic OH excluding ortho intramolecular Hbond substituents is 2. The predicted octanol–water partition coefficient (Wildman–Crippen LogP) is 1.31. The summed E-state index contributed by atoms with van der Waals surface area (Å²) in [4.78, 5) is 6.86. The van der Waals surface area contributed by atoms with Crippen LogP contribution in [0.3, 0.4) is 0 Å². The molecule has 13 heteroatoms. The van der Waals surface area contributed by atoms with E-state index in [0.29, 0.717) is 0 Å². The zero-order valence-corrected chi connectivity index (χ0v) is 18.6. The molecule has 4 rings (SSSR count). The third-order valence-corrected chi connectivity index (χ3v) is 5.74. The molecule has 0 atom stereocenters. The van der Waals surface area contributed by atoms with E-state index >= 15 is 0 Å². The minimum Gasteiger partial charge on any atom is -0.744 e. The van der Waals surface area contributed by atoms with Gasteiger partial charge in [0.25, 0.3) is 0 Å². The molecule has 0 saturated heterocycles. The van der Waals surface area contributed by atoms with Crippen molar-refractivity contribution >= 4 is 65.1 Å². The second-order valence-corrected chi connectivity index (χ2v) is 8.57. The van der Waals surface area contributed by atoms with Crippen LogP contribution in [0, 0.1) is 0 Å². The van der Waals surface area contributed by atoms with Crippen molar-refractivity contribution in [3.63, 3.8) is 0 Å². The Hall–Kier alpha value is -2.55. The van der Waals surface area contributed by atoms with Crippen molar-refractivity contribution in [1.82, 2.24) is 9.97 Å². The quantitative estimate of drug-likeness (QED) is 0.319. The first-order valence-electron chi connectivity index (χ1n) is 8.05. The van der Waals surface area contributed by atoms with Crippen molar-refractivity contribution in [2.45, 2.75) is 9.79 Å². The Morgan fingerprint density at radius 1 is 0.645 bits per heavy atom. The molecule has 0 aliphatic carbocycles. The van der Waals surface area contributed by atoms with Crippen molar-refractivity contribution in [3.8, 4) is 11.5 Å². The molecule has 2 N–H and O–H groups in total. The van der Waals surface area contributed by atoms with Gasteiger partial charge in [-0.3, -0.25) is 9.97 Å². The van der Waals surface area contributed by atoms with Crippen molar-refractivity contribution < 1.29 is 36.2 Å². The van der Waals surface area contributed by atoms with Crippen LogP contribution >= 0.6 is 0 Å². The van der Waals surface area contributed by atoms with Gasteiger partial charge in [-0.2, -0.15) is 0 Å². The van der Waals surface area contributed by atoms with E-state index < -0.39 is 20.2 Å². The van der Waals surface area contributed by atoms with E-state index in [9.17, 15) is 36.2 Å². The summed E-state index contributed by atoms with van der Waals surface area (Å²) in [5.41, 5.74) is 0.212. The van der Waals surface area contributed by atoms with Crippen LogP contribution in [0.1, 0.15) is 0 Å². The molecule has 2 heterocycles. The summed E-state index contributed by atoms with van der Waals surface area (Å²) in [6, 6.07) is 10.3. The second kappa shape index (κ2) is 9.29. The predicted molar refractivity (Wildman–Crippen MR) is 108 cm³/mol. The number of hydrogen-bond donors (Lipinski definition) is 2. The van der Waals surface area contributed by atoms with E-state index in [1.54, 1.807) is 0 Å². The largest absolute Gasteiger partial charge is 2.00 e. The van der Waals surface area contributed by atoms with E-state index in [2.05, 4.69) is 9.97 Å². The normalized spacial score (nSPS) is 11.4. The average Bonchev–Trinajstić information content (AvgIpc) is 2.67. The maximum absolute atomic E-state index is 10.9. The molecule has 0 unspecified atom stereocenters. The first-order valence-corrected chi connectivity index (χ1v) is 10.9. The van der Waals surface area contributed by atoms with Gasteiger partial charge in [-0.05, 0) is 48.5 Å². The molecule has 0 aliphatic heterocycles. The van der Waals surface area contributed by atoms with Crippen molar-refractivity contribution in [1.29, 1.82) is 0 Å². The molecule has 0 aliphatic rings. The van der Waals surface area contributed by atoms with Crippen LogP contribution in [-0.2, 0) is 20.2 Å². The SMILES string of the molecule is O=S(=O)([O-])c1ccc(O)c2ncccc12.O=S(=O)([O-])c1ccc(O)c2ncccc12.[Mg+2]. The van der Waals surface area contributed by atoms with Gasteiger partial charge in [-0.15, -0.1) is 0 Å². The van der Waals surface area contributed by atoms with Crippen LogP contribution in [0.2, 0.25) is 0 Å². The zero-order chi connectivity index (χ0) is 22.1. The number of aromatic nitrogens is 2. The Morgan fingerprint density at radius 2 is 1.00 bits per heavy atom. The Morgan fingerprint density at radius 3 is 1.32 bits per heavy atom. The van der Waals surface area contributed by atoms with Crippen molar-refractivity contribution in [3.05, 3.63) is 60.9 Å². The van der Waals surface area contributed by atoms with Gasteiger partial charge in [0.15, 0.2) is 0 Å². The number of fused-ring (bicyclic) bond motifs is 2. The number of benzene rings is 2. The first kappa shape index (κ1) is 24.7. The molecule has 10 nitrogen and oxygen atoms in total. The van der Waals surface area contributed by atoms with E-state index in [1.807, 2.05) is 0 Å². The van der Waals surface area contributed by atoms with Crippen LogP contribution in [0.25, 0.3) is 21.8 Å². The molecule has 0 bridgehead atoms. The molecular formula is C18H12MgN2O8S2. The summed E-state index contributed by atoms with van der Waals surface area (Å²) in [7, 11) is -9.09. The van der Waals surface area contributed by atoms with Crippen LogP contribution in [0.4, 0.5) is 0 Å². The number of nitrogens with zero attached hydrogens (tertiary/aromatic N) is 2. The van der Waals surface area contributed by atoms with Gasteiger partial charge in [0.1, 0.15) is 42.8 Å². The summed E-state index contributed by atoms with van der Waals surface area (Å²) in [6.45, 7) is 0. The zero-order valence-electron chi connectivity index (χ0n) is 15.5. The van der Waals surface area contributed by atoms with E-state index in [-0.39, 0.29) is 66.1 Å². The summed E-state index contributed by atoms with van der Waals surface area (Å²) in [5.74, 6) is -0.309. The van der Waals surface area contributed by atoms with E-state index in [1.165, 1.54) is 36.7 Å². The molecule has 2 aromatic carbocycles. The van der Waals surface area contributed by atoms with Gasteiger partial charge < -0.3 is 19.3 Å². The summed E-state index contributed by atoms with van der Waals surface area (Å²) >= 11 is 0.